The van der Waals surface area contributed by atoms with E-state index in [1.54, 1.807) is 30.3 Å². The summed E-state index contributed by atoms with van der Waals surface area (Å²) in [5.41, 5.74) is 0.845. The monoisotopic (exact) mass is 390 g/mol. The van der Waals surface area contributed by atoms with Crippen LogP contribution in [-0.4, -0.2) is 28.5 Å². The van der Waals surface area contributed by atoms with Gasteiger partial charge in [0.2, 0.25) is 5.91 Å². The van der Waals surface area contributed by atoms with Gasteiger partial charge in [0.15, 0.2) is 0 Å². The summed E-state index contributed by atoms with van der Waals surface area (Å²) in [6, 6.07) is 12.3. The molecule has 26 heavy (non-hydrogen) atoms. The molecule has 0 spiro atoms. The minimum absolute atomic E-state index is 0.131. The van der Waals surface area contributed by atoms with Gasteiger partial charge >= 0.3 is 0 Å². The number of nitrogens with zero attached hydrogens (tertiary/aromatic N) is 1. The summed E-state index contributed by atoms with van der Waals surface area (Å²) in [4.78, 5) is 37.5. The molecule has 0 bridgehead atoms. The first kappa shape index (κ1) is 18.2. The number of carbonyl (C=O) groups excluding carboxylic acids is 3. The fourth-order valence-electron chi connectivity index (χ4n) is 2.28. The molecular weight excluding hydrogens is 379 g/mol. The van der Waals surface area contributed by atoms with Crippen molar-refractivity contribution in [2.45, 2.75) is 0 Å². The predicted octanol–water partition coefficient (Wildman–Crippen LogP) is 4.15. The van der Waals surface area contributed by atoms with E-state index in [9.17, 15) is 18.8 Å². The van der Waals surface area contributed by atoms with Crippen LogP contribution >= 0.6 is 23.4 Å². The molecule has 1 fully saturated rings. The van der Waals surface area contributed by atoms with E-state index in [0.29, 0.717) is 28.0 Å². The van der Waals surface area contributed by atoms with E-state index in [4.69, 9.17) is 11.6 Å². The lowest BCUT2D eigenvalue weighted by Gasteiger charge is -2.13. The van der Waals surface area contributed by atoms with Crippen molar-refractivity contribution in [2.75, 3.05) is 11.9 Å². The first-order valence-corrected chi connectivity index (χ1v) is 8.69. The van der Waals surface area contributed by atoms with Gasteiger partial charge in [0, 0.05) is 0 Å². The van der Waals surface area contributed by atoms with Crippen LogP contribution in [0, 0.1) is 5.82 Å². The van der Waals surface area contributed by atoms with Crippen LogP contribution in [0.3, 0.4) is 0 Å². The zero-order valence-electron chi connectivity index (χ0n) is 13.2. The standard InChI is InChI=1S/C18H12ClFN2O3S/c19-13-6-1-2-7-14(13)21-16(23)10-22-17(24)15(26-18(22)25)9-11-4-3-5-12(20)8-11/h1-9H,10H2,(H,21,23)/b15-9+. The molecule has 0 saturated carbocycles. The normalized spacial score (nSPS) is 15.6. The summed E-state index contributed by atoms with van der Waals surface area (Å²) in [7, 11) is 0. The Morgan fingerprint density at radius 2 is 1.96 bits per heavy atom. The van der Waals surface area contributed by atoms with Crippen molar-refractivity contribution in [1.82, 2.24) is 4.90 Å². The third kappa shape index (κ3) is 4.12. The van der Waals surface area contributed by atoms with Crippen molar-refractivity contribution < 1.29 is 18.8 Å². The minimum atomic E-state index is -0.599. The number of anilines is 1. The Kier molecular flexibility index (Phi) is 5.39. The second-order valence-electron chi connectivity index (χ2n) is 5.35. The third-order valence-electron chi connectivity index (χ3n) is 3.47. The van der Waals surface area contributed by atoms with Gasteiger partial charge in [-0.1, -0.05) is 35.9 Å². The van der Waals surface area contributed by atoms with E-state index in [0.717, 1.165) is 4.90 Å². The van der Waals surface area contributed by atoms with Crippen LogP contribution in [0.25, 0.3) is 6.08 Å². The molecule has 2 aromatic rings. The summed E-state index contributed by atoms with van der Waals surface area (Å²) in [5, 5.41) is 2.34. The van der Waals surface area contributed by atoms with Crippen LogP contribution in [0.2, 0.25) is 5.02 Å². The highest BCUT2D eigenvalue weighted by Gasteiger charge is 2.36. The lowest BCUT2D eigenvalue weighted by atomic mass is 10.2. The molecule has 3 rings (SSSR count). The van der Waals surface area contributed by atoms with Gasteiger partial charge in [-0.05, 0) is 47.7 Å². The maximum Gasteiger partial charge on any atom is 0.294 e. The molecule has 1 heterocycles. The lowest BCUT2D eigenvalue weighted by molar-refractivity contribution is -0.127. The Bertz CT molecular complexity index is 932. The van der Waals surface area contributed by atoms with Crippen LogP contribution in [-0.2, 0) is 9.59 Å². The number of amides is 3. The number of halogens is 2. The Labute approximate surface area is 157 Å². The summed E-state index contributed by atoms with van der Waals surface area (Å²) in [6.07, 6.45) is 1.42. The van der Waals surface area contributed by atoms with Crippen molar-refractivity contribution in [3.05, 3.63) is 69.8 Å². The fraction of sp³-hybridized carbons (Fsp3) is 0.0556. The molecule has 1 aliphatic heterocycles. The number of benzene rings is 2. The van der Waals surface area contributed by atoms with Crippen molar-refractivity contribution in [2.24, 2.45) is 0 Å². The summed E-state index contributed by atoms with van der Waals surface area (Å²) < 4.78 is 13.2. The predicted molar refractivity (Wildman–Crippen MR) is 99.2 cm³/mol. The average molecular weight is 391 g/mol. The van der Waals surface area contributed by atoms with Crippen molar-refractivity contribution >= 4 is 52.2 Å². The van der Waals surface area contributed by atoms with Crippen LogP contribution < -0.4 is 5.32 Å². The van der Waals surface area contributed by atoms with Gasteiger partial charge in [-0.2, -0.15) is 0 Å². The first-order chi connectivity index (χ1) is 12.4. The Hall–Kier alpha value is -2.64. The summed E-state index contributed by atoms with van der Waals surface area (Å²) in [6.45, 7) is -0.434. The molecule has 0 aliphatic carbocycles. The number of hydrogen-bond donors (Lipinski definition) is 1. The topological polar surface area (TPSA) is 66.5 Å². The lowest BCUT2D eigenvalue weighted by Crippen LogP contribution is -2.36. The minimum Gasteiger partial charge on any atom is -0.323 e. The molecule has 0 atom stereocenters. The van der Waals surface area contributed by atoms with Crippen LogP contribution in [0.4, 0.5) is 14.9 Å². The number of nitrogens with one attached hydrogen (secondary N) is 1. The fourth-order valence-corrected chi connectivity index (χ4v) is 3.30. The van der Waals surface area contributed by atoms with E-state index in [-0.39, 0.29) is 4.91 Å². The smallest absolute Gasteiger partial charge is 0.294 e. The molecule has 132 valence electrons. The number of rotatable bonds is 4. The number of thioether (sulfide) groups is 1. The second-order valence-corrected chi connectivity index (χ2v) is 6.75. The van der Waals surface area contributed by atoms with E-state index in [1.807, 2.05) is 0 Å². The van der Waals surface area contributed by atoms with Crippen molar-refractivity contribution in [1.29, 1.82) is 0 Å². The third-order valence-corrected chi connectivity index (χ3v) is 4.71. The van der Waals surface area contributed by atoms with E-state index in [2.05, 4.69) is 5.32 Å². The zero-order valence-corrected chi connectivity index (χ0v) is 14.8. The van der Waals surface area contributed by atoms with Crippen LogP contribution in [0.1, 0.15) is 5.56 Å². The molecule has 1 saturated heterocycles. The maximum atomic E-state index is 13.2. The van der Waals surface area contributed by atoms with E-state index >= 15 is 0 Å². The van der Waals surface area contributed by atoms with Gasteiger partial charge < -0.3 is 5.32 Å². The second kappa shape index (κ2) is 7.72. The molecule has 1 aliphatic rings. The number of carbonyl (C=O) groups is 3. The average Bonchev–Trinajstić information content (AvgIpc) is 2.84. The Morgan fingerprint density at radius 3 is 2.69 bits per heavy atom. The molecule has 5 nitrogen and oxygen atoms in total. The van der Waals surface area contributed by atoms with Gasteiger partial charge in [0.05, 0.1) is 15.6 Å². The van der Waals surface area contributed by atoms with Crippen molar-refractivity contribution in [3.8, 4) is 0 Å². The SMILES string of the molecule is O=C(CN1C(=O)S/C(=C/c2cccc(F)c2)C1=O)Nc1ccccc1Cl. The summed E-state index contributed by atoms with van der Waals surface area (Å²) in [5.74, 6) is -1.59. The Morgan fingerprint density at radius 1 is 1.19 bits per heavy atom. The quantitative estimate of drug-likeness (QED) is 0.796. The highest BCUT2D eigenvalue weighted by Crippen LogP contribution is 2.32. The molecule has 8 heteroatoms. The Balaban J connectivity index is 1.71. The van der Waals surface area contributed by atoms with Crippen molar-refractivity contribution in [3.63, 3.8) is 0 Å². The van der Waals surface area contributed by atoms with E-state index < -0.39 is 29.4 Å². The number of para-hydroxylation sites is 1. The largest absolute Gasteiger partial charge is 0.323 e. The van der Waals surface area contributed by atoms with Gasteiger partial charge in [-0.3, -0.25) is 19.3 Å². The summed E-state index contributed by atoms with van der Waals surface area (Å²) >= 11 is 6.67. The van der Waals surface area contributed by atoms with Crippen LogP contribution in [0.5, 0.6) is 0 Å². The number of imide groups is 1. The van der Waals surface area contributed by atoms with E-state index in [1.165, 1.54) is 24.3 Å². The molecule has 0 aromatic heterocycles. The highest BCUT2D eigenvalue weighted by molar-refractivity contribution is 8.18. The molecule has 1 N–H and O–H groups in total. The van der Waals surface area contributed by atoms with Gasteiger partial charge in [-0.25, -0.2) is 4.39 Å². The first-order valence-electron chi connectivity index (χ1n) is 7.49. The van der Waals surface area contributed by atoms with Gasteiger partial charge in [-0.15, -0.1) is 0 Å². The highest BCUT2D eigenvalue weighted by atomic mass is 35.5. The molecule has 0 radical (unpaired) electrons. The van der Waals surface area contributed by atoms with Crippen LogP contribution in [0.15, 0.2) is 53.4 Å². The molecule has 3 amide bonds. The molecular formula is C18H12ClFN2O3S. The molecule has 0 unspecified atom stereocenters. The van der Waals surface area contributed by atoms with Gasteiger partial charge in [0.25, 0.3) is 11.1 Å². The number of hydrogen-bond acceptors (Lipinski definition) is 4. The zero-order chi connectivity index (χ0) is 18.7. The maximum absolute atomic E-state index is 13.2. The molecule has 2 aromatic carbocycles. The van der Waals surface area contributed by atoms with Gasteiger partial charge in [0.1, 0.15) is 12.4 Å².